The van der Waals surface area contributed by atoms with Crippen molar-refractivity contribution in [2.24, 2.45) is 0 Å². The summed E-state index contributed by atoms with van der Waals surface area (Å²) in [5.41, 5.74) is 6.90. The molecular weight excluding hydrogens is 248 g/mol. The Kier molecular flexibility index (Phi) is 4.12. The van der Waals surface area contributed by atoms with Gasteiger partial charge in [0.1, 0.15) is 0 Å². The average Bonchev–Trinajstić information content (AvgIpc) is 2.56. The number of carbonyl (C=O) groups is 1. The van der Waals surface area contributed by atoms with Crippen molar-refractivity contribution in [2.45, 2.75) is 38.6 Å². The molecule has 1 aliphatic heterocycles. The van der Waals surface area contributed by atoms with Gasteiger partial charge in [0.25, 0.3) is 5.91 Å². The fourth-order valence-electron chi connectivity index (χ4n) is 2.45. The fraction of sp³-hybridized carbons (Fsp3) is 0.500. The molecule has 1 saturated heterocycles. The van der Waals surface area contributed by atoms with Gasteiger partial charge in [-0.25, -0.2) is 0 Å². The van der Waals surface area contributed by atoms with Gasteiger partial charge in [0.15, 0.2) is 0 Å². The number of halogens is 1. The number of hydrogen-bond acceptors (Lipinski definition) is 2. The van der Waals surface area contributed by atoms with Crippen molar-refractivity contribution < 1.29 is 4.79 Å². The highest BCUT2D eigenvalue weighted by Gasteiger charge is 2.24. The maximum atomic E-state index is 12.5. The van der Waals surface area contributed by atoms with E-state index in [9.17, 15) is 4.79 Å². The van der Waals surface area contributed by atoms with Crippen LogP contribution in [0.15, 0.2) is 18.2 Å². The van der Waals surface area contributed by atoms with Gasteiger partial charge in [-0.05, 0) is 38.0 Å². The Morgan fingerprint density at radius 3 is 2.94 bits per heavy atom. The summed E-state index contributed by atoms with van der Waals surface area (Å²) >= 11 is 5.94. The van der Waals surface area contributed by atoms with Crippen molar-refractivity contribution in [3.8, 4) is 0 Å². The topological polar surface area (TPSA) is 46.3 Å². The van der Waals surface area contributed by atoms with E-state index in [2.05, 4.69) is 6.92 Å². The Labute approximate surface area is 113 Å². The standard InChI is InChI=1S/C14H19ClN2O/c1-10-5-3-2-4-8-17(10)14(18)12-9-11(15)6-7-13(12)16/h6-7,9-10H,2-5,8,16H2,1H3. The number of nitrogens with two attached hydrogens (primary N) is 1. The molecule has 1 unspecified atom stereocenters. The van der Waals surface area contributed by atoms with Crippen LogP contribution in [0.2, 0.25) is 5.02 Å². The minimum Gasteiger partial charge on any atom is -0.398 e. The molecule has 0 aliphatic carbocycles. The summed E-state index contributed by atoms with van der Waals surface area (Å²) in [5.74, 6) is 0.00407. The van der Waals surface area contributed by atoms with Crippen molar-refractivity contribution in [1.82, 2.24) is 4.90 Å². The first kappa shape index (κ1) is 13.2. The second kappa shape index (κ2) is 5.61. The number of carbonyl (C=O) groups excluding carboxylic acids is 1. The second-order valence-electron chi connectivity index (χ2n) is 4.93. The fourth-order valence-corrected chi connectivity index (χ4v) is 2.62. The van der Waals surface area contributed by atoms with Gasteiger partial charge >= 0.3 is 0 Å². The van der Waals surface area contributed by atoms with E-state index in [1.807, 2.05) is 4.90 Å². The van der Waals surface area contributed by atoms with Crippen LogP contribution in [0.1, 0.15) is 43.0 Å². The summed E-state index contributed by atoms with van der Waals surface area (Å²) in [6, 6.07) is 5.34. The molecule has 1 fully saturated rings. The number of amides is 1. The van der Waals surface area contributed by atoms with Crippen molar-refractivity contribution in [2.75, 3.05) is 12.3 Å². The van der Waals surface area contributed by atoms with E-state index < -0.39 is 0 Å². The van der Waals surface area contributed by atoms with E-state index in [1.165, 1.54) is 12.8 Å². The van der Waals surface area contributed by atoms with Gasteiger partial charge in [-0.2, -0.15) is 0 Å². The molecule has 1 amide bonds. The highest BCUT2D eigenvalue weighted by molar-refractivity contribution is 6.31. The smallest absolute Gasteiger partial charge is 0.256 e. The van der Waals surface area contributed by atoms with Crippen molar-refractivity contribution in [3.63, 3.8) is 0 Å². The lowest BCUT2D eigenvalue weighted by atomic mass is 10.1. The van der Waals surface area contributed by atoms with Crippen LogP contribution >= 0.6 is 11.6 Å². The molecule has 1 aromatic rings. The third-order valence-corrected chi connectivity index (χ3v) is 3.79. The molecule has 1 atom stereocenters. The number of rotatable bonds is 1. The maximum absolute atomic E-state index is 12.5. The van der Waals surface area contributed by atoms with Crippen LogP contribution in [-0.4, -0.2) is 23.4 Å². The highest BCUT2D eigenvalue weighted by Crippen LogP contribution is 2.23. The SMILES string of the molecule is CC1CCCCCN1C(=O)c1cc(Cl)ccc1N. The van der Waals surface area contributed by atoms with Crippen LogP contribution in [0.4, 0.5) is 5.69 Å². The van der Waals surface area contributed by atoms with Gasteiger partial charge in [0, 0.05) is 23.3 Å². The number of benzene rings is 1. The van der Waals surface area contributed by atoms with Gasteiger partial charge in [-0.1, -0.05) is 24.4 Å². The number of nitrogens with zero attached hydrogens (tertiary/aromatic N) is 1. The first-order valence-electron chi connectivity index (χ1n) is 6.45. The molecule has 1 aromatic carbocycles. The van der Waals surface area contributed by atoms with E-state index in [0.29, 0.717) is 16.3 Å². The molecule has 18 heavy (non-hydrogen) atoms. The van der Waals surface area contributed by atoms with E-state index in [4.69, 9.17) is 17.3 Å². The van der Waals surface area contributed by atoms with Gasteiger partial charge in [-0.15, -0.1) is 0 Å². The number of anilines is 1. The van der Waals surface area contributed by atoms with Crippen LogP contribution in [0.25, 0.3) is 0 Å². The molecule has 3 nitrogen and oxygen atoms in total. The van der Waals surface area contributed by atoms with Crippen LogP contribution < -0.4 is 5.73 Å². The number of nitrogen functional groups attached to an aromatic ring is 1. The predicted octanol–water partition coefficient (Wildman–Crippen LogP) is 3.33. The second-order valence-corrected chi connectivity index (χ2v) is 5.36. The van der Waals surface area contributed by atoms with Gasteiger partial charge < -0.3 is 10.6 Å². The largest absolute Gasteiger partial charge is 0.398 e. The average molecular weight is 267 g/mol. The van der Waals surface area contributed by atoms with Gasteiger partial charge in [0.05, 0.1) is 5.56 Å². The summed E-state index contributed by atoms with van der Waals surface area (Å²) in [5, 5.41) is 0.551. The van der Waals surface area contributed by atoms with Crippen molar-refractivity contribution in [3.05, 3.63) is 28.8 Å². The third kappa shape index (κ3) is 2.78. The quantitative estimate of drug-likeness (QED) is 0.793. The van der Waals surface area contributed by atoms with Gasteiger partial charge in [0.2, 0.25) is 0 Å². The van der Waals surface area contributed by atoms with Crippen LogP contribution in [0, 0.1) is 0 Å². The summed E-state index contributed by atoms with van der Waals surface area (Å²) in [4.78, 5) is 14.4. The lowest BCUT2D eigenvalue weighted by Gasteiger charge is -2.27. The molecule has 1 heterocycles. The first-order chi connectivity index (χ1) is 8.59. The number of hydrogen-bond donors (Lipinski definition) is 1. The van der Waals surface area contributed by atoms with Crippen molar-refractivity contribution >= 4 is 23.2 Å². The Hall–Kier alpha value is -1.22. The van der Waals surface area contributed by atoms with Crippen LogP contribution in [0.5, 0.6) is 0 Å². The molecular formula is C14H19ClN2O. The third-order valence-electron chi connectivity index (χ3n) is 3.56. The lowest BCUT2D eigenvalue weighted by molar-refractivity contribution is 0.0699. The zero-order valence-corrected chi connectivity index (χ0v) is 11.4. The normalized spacial score (nSPS) is 20.6. The molecule has 1 aliphatic rings. The summed E-state index contributed by atoms with van der Waals surface area (Å²) in [6.07, 6.45) is 4.51. The van der Waals surface area contributed by atoms with Crippen LogP contribution in [-0.2, 0) is 0 Å². The van der Waals surface area contributed by atoms with E-state index in [-0.39, 0.29) is 11.9 Å². The molecule has 0 bridgehead atoms. The Morgan fingerprint density at radius 1 is 1.39 bits per heavy atom. The zero-order valence-electron chi connectivity index (χ0n) is 10.7. The van der Waals surface area contributed by atoms with E-state index in [0.717, 1.165) is 19.4 Å². The van der Waals surface area contributed by atoms with Gasteiger partial charge in [-0.3, -0.25) is 4.79 Å². The van der Waals surface area contributed by atoms with E-state index in [1.54, 1.807) is 18.2 Å². The Morgan fingerprint density at radius 2 is 2.17 bits per heavy atom. The minimum absolute atomic E-state index is 0.00407. The predicted molar refractivity (Wildman–Crippen MR) is 74.8 cm³/mol. The molecule has 0 radical (unpaired) electrons. The molecule has 4 heteroatoms. The maximum Gasteiger partial charge on any atom is 0.256 e. The Balaban J connectivity index is 2.26. The summed E-state index contributed by atoms with van der Waals surface area (Å²) in [7, 11) is 0. The molecule has 2 rings (SSSR count). The molecule has 0 spiro atoms. The molecule has 0 saturated carbocycles. The molecule has 2 N–H and O–H groups in total. The minimum atomic E-state index is 0.00407. The van der Waals surface area contributed by atoms with Crippen LogP contribution in [0.3, 0.4) is 0 Å². The summed E-state index contributed by atoms with van der Waals surface area (Å²) in [6.45, 7) is 2.91. The van der Waals surface area contributed by atoms with Crippen molar-refractivity contribution in [1.29, 1.82) is 0 Å². The van der Waals surface area contributed by atoms with E-state index >= 15 is 0 Å². The highest BCUT2D eigenvalue weighted by atomic mass is 35.5. The number of likely N-dealkylation sites (tertiary alicyclic amines) is 1. The summed E-state index contributed by atoms with van der Waals surface area (Å²) < 4.78 is 0. The first-order valence-corrected chi connectivity index (χ1v) is 6.83. The zero-order chi connectivity index (χ0) is 13.1. The Bertz CT molecular complexity index is 447. The molecule has 98 valence electrons. The lowest BCUT2D eigenvalue weighted by Crippen LogP contribution is -2.38. The molecule has 0 aromatic heterocycles. The monoisotopic (exact) mass is 266 g/mol.